The number of aromatic nitrogens is 5. The molecule has 10 heteroatoms. The Kier molecular flexibility index (Phi) is 7.32. The Morgan fingerprint density at radius 1 is 0.951 bits per heavy atom. The Morgan fingerprint density at radius 2 is 1.68 bits per heavy atom. The van der Waals surface area contributed by atoms with Crippen molar-refractivity contribution >= 4 is 34.4 Å². The average Bonchev–Trinajstić information content (AvgIpc) is 3.37. The first kappa shape index (κ1) is 27.6. The summed E-state index contributed by atoms with van der Waals surface area (Å²) in [7, 11) is 1.74. The molecule has 0 spiro atoms. The number of carbonyl (C=O) groups excluding carboxylic acids is 1. The summed E-state index contributed by atoms with van der Waals surface area (Å²) in [5.74, 6) is 0.444. The van der Waals surface area contributed by atoms with Crippen LogP contribution in [0.15, 0.2) is 77.9 Å². The third kappa shape index (κ3) is 5.67. The van der Waals surface area contributed by atoms with E-state index in [1.54, 1.807) is 36.0 Å². The molecule has 2 amide bonds. The number of fused-ring (bicyclic) bond motifs is 1. The van der Waals surface area contributed by atoms with E-state index in [2.05, 4.69) is 46.7 Å². The zero-order chi connectivity index (χ0) is 29.3. The van der Waals surface area contributed by atoms with E-state index in [1.165, 1.54) is 0 Å². The maximum absolute atomic E-state index is 13.6. The largest absolute Gasteiger partial charge is 0.357 e. The third-order valence-corrected chi connectivity index (χ3v) is 6.64. The number of hydrogen-bond donors (Lipinski definition) is 3. The van der Waals surface area contributed by atoms with E-state index in [9.17, 15) is 9.59 Å². The van der Waals surface area contributed by atoms with Crippen LogP contribution in [0, 0.1) is 0 Å². The molecule has 3 aromatic heterocycles. The molecule has 210 valence electrons. The Bertz CT molecular complexity index is 1780. The van der Waals surface area contributed by atoms with Crippen molar-refractivity contribution in [2.45, 2.75) is 46.2 Å². The number of pyridine rings is 1. The molecule has 0 aliphatic carbocycles. The van der Waals surface area contributed by atoms with Crippen molar-refractivity contribution in [3.05, 3.63) is 83.4 Å². The van der Waals surface area contributed by atoms with Gasteiger partial charge < -0.3 is 16.0 Å². The van der Waals surface area contributed by atoms with Gasteiger partial charge in [0.05, 0.1) is 11.2 Å². The number of nitrogens with zero attached hydrogens (tertiary/aromatic N) is 5. The molecule has 5 aromatic rings. The monoisotopic (exact) mass is 550 g/mol. The molecule has 0 aliphatic rings. The van der Waals surface area contributed by atoms with Crippen LogP contribution in [0.3, 0.4) is 0 Å². The van der Waals surface area contributed by atoms with Gasteiger partial charge in [0.15, 0.2) is 0 Å². The summed E-state index contributed by atoms with van der Waals surface area (Å²) in [4.78, 5) is 35.6. The second-order valence-corrected chi connectivity index (χ2v) is 11.1. The van der Waals surface area contributed by atoms with Gasteiger partial charge in [-0.1, -0.05) is 42.5 Å². The molecule has 0 radical (unpaired) electrons. The first-order valence-electron chi connectivity index (χ1n) is 13.5. The molecule has 3 heterocycles. The minimum absolute atomic E-state index is 0.121. The summed E-state index contributed by atoms with van der Waals surface area (Å²) >= 11 is 0. The minimum atomic E-state index is -0.418. The first-order chi connectivity index (χ1) is 19.5. The zero-order valence-electron chi connectivity index (χ0n) is 24.1. The maximum atomic E-state index is 13.6. The number of benzene rings is 2. The van der Waals surface area contributed by atoms with Gasteiger partial charge in [-0.15, -0.1) is 0 Å². The fourth-order valence-corrected chi connectivity index (χ4v) is 4.59. The zero-order valence-corrected chi connectivity index (χ0v) is 24.1. The van der Waals surface area contributed by atoms with E-state index in [1.807, 2.05) is 67.2 Å². The van der Waals surface area contributed by atoms with Crippen molar-refractivity contribution < 1.29 is 4.79 Å². The van der Waals surface area contributed by atoms with Crippen LogP contribution in [-0.4, -0.2) is 37.4 Å². The van der Waals surface area contributed by atoms with Crippen LogP contribution in [0.4, 0.5) is 22.1 Å². The standard InChI is InChI=1S/C31H34N8O2/c1-19(2)39-27-22(17-33-29(32-6)36-27)16-24(28(39)40)21-13-10-14-23(15-21)34-30(41)35-25-18-38(31(3,4)5)37-26(25)20-11-8-7-9-12-20/h7-19H,1-6H3,(H,32,33,36)(H2,34,35,41). The van der Waals surface area contributed by atoms with E-state index in [0.717, 1.165) is 10.9 Å². The second kappa shape index (κ2) is 10.9. The highest BCUT2D eigenvalue weighted by Gasteiger charge is 2.21. The van der Waals surface area contributed by atoms with Crippen LogP contribution in [-0.2, 0) is 5.54 Å². The van der Waals surface area contributed by atoms with Crippen molar-refractivity contribution in [2.75, 3.05) is 23.0 Å². The van der Waals surface area contributed by atoms with Gasteiger partial charge in [-0.05, 0) is 58.4 Å². The van der Waals surface area contributed by atoms with Crippen molar-refractivity contribution in [1.29, 1.82) is 0 Å². The van der Waals surface area contributed by atoms with Crippen LogP contribution >= 0.6 is 0 Å². The topological polar surface area (TPSA) is 119 Å². The number of anilines is 3. The van der Waals surface area contributed by atoms with Crippen LogP contribution < -0.4 is 21.5 Å². The van der Waals surface area contributed by atoms with Crippen molar-refractivity contribution in [1.82, 2.24) is 24.3 Å². The van der Waals surface area contributed by atoms with Gasteiger partial charge in [0.2, 0.25) is 5.95 Å². The van der Waals surface area contributed by atoms with Gasteiger partial charge >= 0.3 is 6.03 Å². The molecular weight excluding hydrogens is 516 g/mol. The van der Waals surface area contributed by atoms with Crippen LogP contribution in [0.2, 0.25) is 0 Å². The number of carbonyl (C=O) groups is 1. The Morgan fingerprint density at radius 3 is 2.37 bits per heavy atom. The predicted molar refractivity (Wildman–Crippen MR) is 164 cm³/mol. The van der Waals surface area contributed by atoms with Crippen LogP contribution in [0.25, 0.3) is 33.4 Å². The van der Waals surface area contributed by atoms with E-state index in [-0.39, 0.29) is 17.1 Å². The highest BCUT2D eigenvalue weighted by Crippen LogP contribution is 2.30. The molecular formula is C31H34N8O2. The molecule has 0 bridgehead atoms. The van der Waals surface area contributed by atoms with Gasteiger partial charge in [-0.3, -0.25) is 14.0 Å². The van der Waals surface area contributed by atoms with E-state index >= 15 is 0 Å². The van der Waals surface area contributed by atoms with Crippen molar-refractivity contribution in [3.63, 3.8) is 0 Å². The van der Waals surface area contributed by atoms with E-state index < -0.39 is 6.03 Å². The SMILES string of the molecule is CNc1ncc2cc(-c3cccc(NC(=O)Nc4cn(C(C)(C)C)nc4-c4ccccc4)c3)c(=O)n(C(C)C)c2n1. The van der Waals surface area contributed by atoms with Crippen molar-refractivity contribution in [3.8, 4) is 22.4 Å². The lowest BCUT2D eigenvalue weighted by Crippen LogP contribution is -2.25. The summed E-state index contributed by atoms with van der Waals surface area (Å²) in [6.45, 7) is 10.0. The van der Waals surface area contributed by atoms with Gasteiger partial charge in [0.25, 0.3) is 5.56 Å². The lowest BCUT2D eigenvalue weighted by molar-refractivity contribution is 0.262. The smallest absolute Gasteiger partial charge is 0.323 e. The number of rotatable bonds is 6. The highest BCUT2D eigenvalue weighted by molar-refractivity contribution is 6.02. The fraction of sp³-hybridized carbons (Fsp3) is 0.258. The van der Waals surface area contributed by atoms with Crippen LogP contribution in [0.5, 0.6) is 0 Å². The second-order valence-electron chi connectivity index (χ2n) is 11.1. The highest BCUT2D eigenvalue weighted by atomic mass is 16.2. The molecule has 0 unspecified atom stereocenters. The number of urea groups is 1. The summed E-state index contributed by atoms with van der Waals surface area (Å²) in [5.41, 5.74) is 4.01. The Labute approximate surface area is 238 Å². The van der Waals surface area contributed by atoms with Crippen LogP contribution in [0.1, 0.15) is 40.7 Å². The molecule has 2 aromatic carbocycles. The molecule has 0 fully saturated rings. The molecule has 0 saturated carbocycles. The van der Waals surface area contributed by atoms with Gasteiger partial charge in [0, 0.05) is 47.7 Å². The molecule has 3 N–H and O–H groups in total. The molecule has 0 saturated heterocycles. The molecule has 41 heavy (non-hydrogen) atoms. The number of hydrogen-bond acceptors (Lipinski definition) is 6. The summed E-state index contributed by atoms with van der Waals surface area (Å²) in [5, 5.41) is 14.3. The summed E-state index contributed by atoms with van der Waals surface area (Å²) in [6, 6.07) is 18.2. The summed E-state index contributed by atoms with van der Waals surface area (Å²) < 4.78 is 3.51. The van der Waals surface area contributed by atoms with Crippen molar-refractivity contribution in [2.24, 2.45) is 0 Å². The lowest BCUT2D eigenvalue weighted by atomic mass is 10.0. The Hall–Kier alpha value is -4.99. The van der Waals surface area contributed by atoms with Gasteiger partial charge in [-0.2, -0.15) is 10.1 Å². The first-order valence-corrected chi connectivity index (χ1v) is 13.5. The van der Waals surface area contributed by atoms with Gasteiger partial charge in [-0.25, -0.2) is 9.78 Å². The number of amides is 2. The molecule has 0 aliphatic heterocycles. The molecule has 10 nitrogen and oxygen atoms in total. The average molecular weight is 551 g/mol. The quantitative estimate of drug-likeness (QED) is 0.227. The Balaban J connectivity index is 1.46. The van der Waals surface area contributed by atoms with E-state index in [4.69, 9.17) is 5.10 Å². The predicted octanol–water partition coefficient (Wildman–Crippen LogP) is 6.34. The summed E-state index contributed by atoms with van der Waals surface area (Å²) in [6.07, 6.45) is 3.54. The third-order valence-electron chi connectivity index (χ3n) is 6.64. The molecule has 0 atom stereocenters. The fourth-order valence-electron chi connectivity index (χ4n) is 4.59. The van der Waals surface area contributed by atoms with Gasteiger partial charge in [0.1, 0.15) is 11.3 Å². The normalized spacial score (nSPS) is 11.6. The maximum Gasteiger partial charge on any atom is 0.323 e. The minimum Gasteiger partial charge on any atom is -0.357 e. The molecule has 5 rings (SSSR count). The lowest BCUT2D eigenvalue weighted by Gasteiger charge is -2.18. The van der Waals surface area contributed by atoms with E-state index in [0.29, 0.717) is 39.8 Å². The number of nitrogens with one attached hydrogen (secondary N) is 3.